The molecule has 118 valence electrons. The largest absolute Gasteiger partial charge is 0.468 e. The summed E-state index contributed by atoms with van der Waals surface area (Å²) < 4.78 is 5.40. The van der Waals surface area contributed by atoms with Crippen LogP contribution >= 0.6 is 0 Å². The second-order valence-corrected chi connectivity index (χ2v) is 5.15. The fraction of sp³-hybridized carbons (Fsp3) is 0.400. The molecule has 1 atom stereocenters. The van der Waals surface area contributed by atoms with Crippen LogP contribution in [0, 0.1) is 6.92 Å². The lowest BCUT2D eigenvalue weighted by Crippen LogP contribution is -2.40. The monoisotopic (exact) mass is 303 g/mol. The average Bonchev–Trinajstić information content (AvgIpc) is 2.99. The Balaban J connectivity index is 1.81. The molecule has 0 spiro atoms. The molecular weight excluding hydrogens is 282 g/mol. The maximum atomic E-state index is 11.9. The molecular formula is C15H21N5O2. The van der Waals surface area contributed by atoms with Crippen LogP contribution in [-0.4, -0.2) is 41.5 Å². The summed E-state index contributed by atoms with van der Waals surface area (Å²) in [4.78, 5) is 22.1. The lowest BCUT2D eigenvalue weighted by atomic mass is 10.2. The summed E-state index contributed by atoms with van der Waals surface area (Å²) in [6.07, 6.45) is 3.31. The van der Waals surface area contributed by atoms with Crippen molar-refractivity contribution in [3.63, 3.8) is 0 Å². The normalized spacial score (nSPS) is 12.2. The predicted molar refractivity (Wildman–Crippen MR) is 82.1 cm³/mol. The Labute approximate surface area is 129 Å². The van der Waals surface area contributed by atoms with Gasteiger partial charge in [-0.05, 0) is 39.2 Å². The Morgan fingerprint density at radius 1 is 1.36 bits per heavy atom. The van der Waals surface area contributed by atoms with Gasteiger partial charge in [-0.1, -0.05) is 0 Å². The van der Waals surface area contributed by atoms with E-state index in [0.717, 1.165) is 11.5 Å². The molecule has 0 aliphatic heterocycles. The highest BCUT2D eigenvalue weighted by atomic mass is 16.3. The predicted octanol–water partition coefficient (Wildman–Crippen LogP) is 1.48. The van der Waals surface area contributed by atoms with E-state index in [-0.39, 0.29) is 12.1 Å². The summed E-state index contributed by atoms with van der Waals surface area (Å²) in [6, 6.07) is 5.26. The zero-order valence-electron chi connectivity index (χ0n) is 13.0. The molecule has 0 aromatic carbocycles. The Bertz CT molecular complexity index is 598. The zero-order chi connectivity index (χ0) is 15.9. The third kappa shape index (κ3) is 4.56. The highest BCUT2D eigenvalue weighted by molar-refractivity contribution is 5.73. The van der Waals surface area contributed by atoms with Crippen molar-refractivity contribution in [2.24, 2.45) is 0 Å². The van der Waals surface area contributed by atoms with Crippen LogP contribution in [0.15, 0.2) is 35.1 Å². The van der Waals surface area contributed by atoms with Crippen molar-refractivity contribution in [1.82, 2.24) is 25.5 Å². The van der Waals surface area contributed by atoms with Gasteiger partial charge in [0.1, 0.15) is 11.6 Å². The molecule has 7 heteroatoms. The molecule has 1 unspecified atom stereocenters. The molecule has 2 aromatic rings. The van der Waals surface area contributed by atoms with Crippen molar-refractivity contribution < 1.29 is 9.21 Å². The Morgan fingerprint density at radius 2 is 2.18 bits per heavy atom. The minimum absolute atomic E-state index is 0.0120. The van der Waals surface area contributed by atoms with E-state index in [0.29, 0.717) is 18.9 Å². The smallest absolute Gasteiger partial charge is 0.315 e. The number of nitrogens with zero attached hydrogens (tertiary/aromatic N) is 3. The van der Waals surface area contributed by atoms with E-state index in [1.165, 1.54) is 0 Å². The standard InChI is InChI=1S/C15H21N5O2/c1-11-16-7-6-12(19-11)9-17-15(21)18-10-13(20(2)3)14-5-4-8-22-14/h4-8,13H,9-10H2,1-3H3,(H2,17,18,21). The van der Waals surface area contributed by atoms with Crippen LogP contribution in [0.4, 0.5) is 4.79 Å². The number of rotatable bonds is 6. The van der Waals surface area contributed by atoms with Crippen molar-refractivity contribution >= 4 is 6.03 Å². The van der Waals surface area contributed by atoms with Crippen LogP contribution in [-0.2, 0) is 6.54 Å². The lowest BCUT2D eigenvalue weighted by Gasteiger charge is -2.22. The Kier molecular flexibility index (Phi) is 5.48. The highest BCUT2D eigenvalue weighted by Crippen LogP contribution is 2.17. The van der Waals surface area contributed by atoms with Gasteiger partial charge in [-0.2, -0.15) is 0 Å². The molecule has 2 amide bonds. The highest BCUT2D eigenvalue weighted by Gasteiger charge is 2.17. The van der Waals surface area contributed by atoms with Gasteiger partial charge in [0, 0.05) is 12.7 Å². The SMILES string of the molecule is Cc1nccc(CNC(=O)NCC(c2ccco2)N(C)C)n1. The number of carbonyl (C=O) groups excluding carboxylic acids is 1. The number of aryl methyl sites for hydroxylation is 1. The van der Waals surface area contributed by atoms with E-state index < -0.39 is 0 Å². The zero-order valence-corrected chi connectivity index (χ0v) is 13.0. The molecule has 2 N–H and O–H groups in total. The number of nitrogens with one attached hydrogen (secondary N) is 2. The molecule has 2 aromatic heterocycles. The van der Waals surface area contributed by atoms with Gasteiger partial charge in [0.05, 0.1) is 24.5 Å². The Hall–Kier alpha value is -2.41. The summed E-state index contributed by atoms with van der Waals surface area (Å²) in [5, 5.41) is 5.62. The van der Waals surface area contributed by atoms with E-state index in [1.807, 2.05) is 38.1 Å². The van der Waals surface area contributed by atoms with Crippen molar-refractivity contribution in [3.05, 3.63) is 47.9 Å². The maximum Gasteiger partial charge on any atom is 0.315 e. The molecule has 0 fully saturated rings. The number of amides is 2. The van der Waals surface area contributed by atoms with Crippen LogP contribution in [0.2, 0.25) is 0 Å². The third-order valence-corrected chi connectivity index (χ3v) is 3.21. The first-order chi connectivity index (χ1) is 10.6. The van der Waals surface area contributed by atoms with E-state index in [2.05, 4.69) is 20.6 Å². The summed E-state index contributed by atoms with van der Waals surface area (Å²) in [5.41, 5.74) is 0.776. The van der Waals surface area contributed by atoms with Crippen molar-refractivity contribution in [2.45, 2.75) is 19.5 Å². The molecule has 0 saturated heterocycles. The minimum atomic E-state index is -0.241. The molecule has 22 heavy (non-hydrogen) atoms. The maximum absolute atomic E-state index is 11.9. The topological polar surface area (TPSA) is 83.3 Å². The average molecular weight is 303 g/mol. The first-order valence-corrected chi connectivity index (χ1v) is 7.06. The fourth-order valence-corrected chi connectivity index (χ4v) is 2.04. The second-order valence-electron chi connectivity index (χ2n) is 5.15. The number of hydrogen-bond donors (Lipinski definition) is 2. The van der Waals surface area contributed by atoms with E-state index >= 15 is 0 Å². The second kappa shape index (κ2) is 7.56. The third-order valence-electron chi connectivity index (χ3n) is 3.21. The minimum Gasteiger partial charge on any atom is -0.468 e. The molecule has 2 heterocycles. The van der Waals surface area contributed by atoms with Crippen LogP contribution in [0.25, 0.3) is 0 Å². The summed E-state index contributed by atoms with van der Waals surface area (Å²) >= 11 is 0. The number of furan rings is 1. The van der Waals surface area contributed by atoms with Gasteiger partial charge in [0.15, 0.2) is 0 Å². The van der Waals surface area contributed by atoms with Crippen molar-refractivity contribution in [3.8, 4) is 0 Å². The van der Waals surface area contributed by atoms with E-state index in [4.69, 9.17) is 4.42 Å². The number of likely N-dealkylation sites (N-methyl/N-ethyl adjacent to an activating group) is 1. The first kappa shape index (κ1) is 16.0. The molecule has 0 aliphatic rings. The molecule has 0 radical (unpaired) electrons. The van der Waals surface area contributed by atoms with Gasteiger partial charge in [-0.15, -0.1) is 0 Å². The quantitative estimate of drug-likeness (QED) is 0.844. The van der Waals surface area contributed by atoms with E-state index in [9.17, 15) is 4.79 Å². The molecule has 7 nitrogen and oxygen atoms in total. The summed E-state index contributed by atoms with van der Waals surface area (Å²) in [7, 11) is 3.88. The van der Waals surface area contributed by atoms with Gasteiger partial charge >= 0.3 is 6.03 Å². The molecule has 0 aliphatic carbocycles. The van der Waals surface area contributed by atoms with Gasteiger partial charge in [0.25, 0.3) is 0 Å². The van der Waals surface area contributed by atoms with Crippen molar-refractivity contribution in [2.75, 3.05) is 20.6 Å². The van der Waals surface area contributed by atoms with Crippen LogP contribution in [0.3, 0.4) is 0 Å². The summed E-state index contributed by atoms with van der Waals surface area (Å²) in [6.45, 7) is 2.63. The number of urea groups is 1. The van der Waals surface area contributed by atoms with Gasteiger partial charge in [-0.25, -0.2) is 14.8 Å². The van der Waals surface area contributed by atoms with Crippen LogP contribution < -0.4 is 10.6 Å². The van der Waals surface area contributed by atoms with Gasteiger partial charge < -0.3 is 15.1 Å². The molecule has 0 saturated carbocycles. The number of hydrogen-bond acceptors (Lipinski definition) is 5. The lowest BCUT2D eigenvalue weighted by molar-refractivity contribution is 0.225. The van der Waals surface area contributed by atoms with Gasteiger partial charge in [-0.3, -0.25) is 4.90 Å². The molecule has 0 bridgehead atoms. The summed E-state index contributed by atoms with van der Waals surface area (Å²) in [5.74, 6) is 1.50. The molecule has 2 rings (SSSR count). The number of aromatic nitrogens is 2. The fourth-order valence-electron chi connectivity index (χ4n) is 2.04. The van der Waals surface area contributed by atoms with Crippen LogP contribution in [0.1, 0.15) is 23.3 Å². The number of carbonyl (C=O) groups is 1. The van der Waals surface area contributed by atoms with Crippen molar-refractivity contribution in [1.29, 1.82) is 0 Å². The van der Waals surface area contributed by atoms with Gasteiger partial charge in [0.2, 0.25) is 0 Å². The van der Waals surface area contributed by atoms with Crippen LogP contribution in [0.5, 0.6) is 0 Å². The van der Waals surface area contributed by atoms with E-state index in [1.54, 1.807) is 18.5 Å². The Morgan fingerprint density at radius 3 is 2.82 bits per heavy atom. The first-order valence-electron chi connectivity index (χ1n) is 7.06.